The lowest BCUT2D eigenvalue weighted by Gasteiger charge is -2.32. The zero-order valence-corrected chi connectivity index (χ0v) is 21.3. The van der Waals surface area contributed by atoms with Crippen LogP contribution in [0.4, 0.5) is 18.9 Å². The lowest BCUT2D eigenvalue weighted by molar-refractivity contribution is -0.141. The third kappa shape index (κ3) is 5.56. The van der Waals surface area contributed by atoms with Crippen molar-refractivity contribution in [3.63, 3.8) is 0 Å². The Bertz CT molecular complexity index is 1340. The van der Waals surface area contributed by atoms with Gasteiger partial charge in [0.05, 0.1) is 10.6 Å². The summed E-state index contributed by atoms with van der Waals surface area (Å²) < 4.78 is 40.4. The number of anilines is 1. The quantitative estimate of drug-likeness (QED) is 0.349. The number of nitrogens with one attached hydrogen (secondary N) is 4. The molecular weight excluding hydrogens is 523 g/mol. The SMILES string of the molecule is CNC1CCN(C(=O)c2ccc(NC(=O)c3ncc(Cc4c(C(F)(F)F)n[nH]c4C4CC4)[nH]3)cc2Cl)CC1. The van der Waals surface area contributed by atoms with E-state index in [-0.39, 0.29) is 34.7 Å². The van der Waals surface area contributed by atoms with Gasteiger partial charge in [0, 0.05) is 60.3 Å². The smallest absolute Gasteiger partial charge is 0.338 e. The number of benzene rings is 1. The second-order valence-corrected chi connectivity index (χ2v) is 10.1. The van der Waals surface area contributed by atoms with Gasteiger partial charge in [0.2, 0.25) is 0 Å². The molecule has 0 radical (unpaired) electrons. The first-order valence-corrected chi connectivity index (χ1v) is 12.8. The van der Waals surface area contributed by atoms with Gasteiger partial charge < -0.3 is 20.5 Å². The molecule has 0 unspecified atom stereocenters. The molecule has 1 aliphatic heterocycles. The lowest BCUT2D eigenvalue weighted by Crippen LogP contribution is -2.44. The standard InChI is InChI=1S/C25H27ClF3N7O2/c1-30-14-6-8-36(9-7-14)24(38)17-5-4-15(11-19(17)26)33-23(37)22-31-12-16(32-22)10-18-20(13-2-3-13)34-35-21(18)25(27,28)29/h4-5,11-14,30H,2-3,6-10H2,1H3,(H,31,32)(H,33,37)(H,34,35). The number of carbonyl (C=O) groups is 2. The number of hydrogen-bond donors (Lipinski definition) is 4. The largest absolute Gasteiger partial charge is 0.435 e. The summed E-state index contributed by atoms with van der Waals surface area (Å²) in [7, 11) is 1.91. The average molecular weight is 550 g/mol. The number of imidazole rings is 1. The fourth-order valence-electron chi connectivity index (χ4n) is 4.75. The van der Waals surface area contributed by atoms with Crippen molar-refractivity contribution in [2.24, 2.45) is 0 Å². The van der Waals surface area contributed by atoms with E-state index in [0.29, 0.717) is 41.8 Å². The molecule has 1 aliphatic carbocycles. The van der Waals surface area contributed by atoms with E-state index in [0.717, 1.165) is 25.7 Å². The molecule has 0 spiro atoms. The first-order valence-electron chi connectivity index (χ1n) is 12.4. The normalized spacial score (nSPS) is 16.6. The predicted molar refractivity (Wildman–Crippen MR) is 134 cm³/mol. The van der Waals surface area contributed by atoms with E-state index in [1.807, 2.05) is 7.05 Å². The molecular formula is C25H27ClF3N7O2. The Morgan fingerprint density at radius 3 is 2.55 bits per heavy atom. The fourth-order valence-corrected chi connectivity index (χ4v) is 5.02. The molecule has 0 bridgehead atoms. The van der Waals surface area contributed by atoms with Crippen molar-refractivity contribution < 1.29 is 22.8 Å². The summed E-state index contributed by atoms with van der Waals surface area (Å²) >= 11 is 6.37. The minimum atomic E-state index is -4.59. The highest BCUT2D eigenvalue weighted by Crippen LogP contribution is 2.44. The second-order valence-electron chi connectivity index (χ2n) is 9.67. The summed E-state index contributed by atoms with van der Waals surface area (Å²) in [4.78, 5) is 34.3. The van der Waals surface area contributed by atoms with Gasteiger partial charge in [-0.25, -0.2) is 4.98 Å². The maximum atomic E-state index is 13.5. The Morgan fingerprint density at radius 1 is 1.18 bits per heavy atom. The molecule has 9 nitrogen and oxygen atoms in total. The van der Waals surface area contributed by atoms with Crippen molar-refractivity contribution >= 4 is 29.1 Å². The van der Waals surface area contributed by atoms with Gasteiger partial charge in [0.1, 0.15) is 0 Å². The van der Waals surface area contributed by atoms with Gasteiger partial charge in [-0.1, -0.05) is 11.6 Å². The van der Waals surface area contributed by atoms with Crippen LogP contribution < -0.4 is 10.6 Å². The summed E-state index contributed by atoms with van der Waals surface area (Å²) in [6.07, 6.45) is -0.000370. The van der Waals surface area contributed by atoms with Crippen LogP contribution in [-0.2, 0) is 12.6 Å². The molecule has 202 valence electrons. The van der Waals surface area contributed by atoms with Crippen molar-refractivity contribution in [1.82, 2.24) is 30.4 Å². The van der Waals surface area contributed by atoms with E-state index in [1.54, 1.807) is 17.0 Å². The highest BCUT2D eigenvalue weighted by molar-refractivity contribution is 6.34. The first kappa shape index (κ1) is 26.2. The number of alkyl halides is 3. The van der Waals surface area contributed by atoms with E-state index in [2.05, 4.69) is 30.8 Å². The molecule has 1 saturated heterocycles. The van der Waals surface area contributed by atoms with Gasteiger partial charge in [0.25, 0.3) is 11.8 Å². The Morgan fingerprint density at radius 2 is 1.92 bits per heavy atom. The number of aromatic nitrogens is 4. The second kappa shape index (κ2) is 10.4. The van der Waals surface area contributed by atoms with Crippen LogP contribution in [0, 0.1) is 0 Å². The van der Waals surface area contributed by atoms with Crippen molar-refractivity contribution in [3.05, 3.63) is 63.5 Å². The lowest BCUT2D eigenvalue weighted by atomic mass is 10.0. The van der Waals surface area contributed by atoms with E-state index in [9.17, 15) is 22.8 Å². The minimum Gasteiger partial charge on any atom is -0.338 e. The average Bonchev–Trinajstić information content (AvgIpc) is 3.46. The molecule has 1 saturated carbocycles. The number of piperidine rings is 1. The van der Waals surface area contributed by atoms with Crippen molar-refractivity contribution in [2.45, 2.75) is 50.2 Å². The van der Waals surface area contributed by atoms with E-state index in [4.69, 9.17) is 11.6 Å². The maximum absolute atomic E-state index is 13.5. The summed E-state index contributed by atoms with van der Waals surface area (Å²) in [5.41, 5.74) is 0.653. The van der Waals surface area contributed by atoms with Crippen LogP contribution in [0.1, 0.15) is 75.2 Å². The summed E-state index contributed by atoms with van der Waals surface area (Å²) in [6, 6.07) is 5.01. The van der Waals surface area contributed by atoms with Gasteiger partial charge in [-0.3, -0.25) is 14.7 Å². The van der Waals surface area contributed by atoms with E-state index < -0.39 is 17.8 Å². The van der Waals surface area contributed by atoms with Crippen LogP contribution in [0.25, 0.3) is 0 Å². The Hall–Kier alpha value is -3.38. The molecule has 3 aromatic rings. The molecule has 4 N–H and O–H groups in total. The Labute approximate surface area is 221 Å². The molecule has 3 heterocycles. The number of amides is 2. The fraction of sp³-hybridized carbons (Fsp3) is 0.440. The van der Waals surface area contributed by atoms with Gasteiger partial charge in [-0.05, 0) is 50.9 Å². The minimum absolute atomic E-state index is 0.0408. The number of aromatic amines is 2. The number of H-pyrrole nitrogens is 2. The summed E-state index contributed by atoms with van der Waals surface area (Å²) in [5, 5.41) is 12.1. The topological polar surface area (TPSA) is 119 Å². The van der Waals surface area contributed by atoms with Crippen LogP contribution in [0.15, 0.2) is 24.4 Å². The highest BCUT2D eigenvalue weighted by Gasteiger charge is 2.40. The highest BCUT2D eigenvalue weighted by atomic mass is 35.5. The summed E-state index contributed by atoms with van der Waals surface area (Å²) in [5.74, 6) is -0.778. The number of nitrogens with zero attached hydrogens (tertiary/aromatic N) is 3. The molecule has 13 heteroatoms. The van der Waals surface area contributed by atoms with Gasteiger partial charge >= 0.3 is 6.18 Å². The molecule has 1 aromatic carbocycles. The number of rotatable bonds is 7. The van der Waals surface area contributed by atoms with Crippen molar-refractivity contribution in [3.8, 4) is 0 Å². The number of hydrogen-bond acceptors (Lipinski definition) is 5. The van der Waals surface area contributed by atoms with Gasteiger partial charge in [0.15, 0.2) is 11.5 Å². The van der Waals surface area contributed by atoms with Crippen LogP contribution in [0.5, 0.6) is 0 Å². The molecule has 0 atom stereocenters. The molecule has 38 heavy (non-hydrogen) atoms. The van der Waals surface area contributed by atoms with Gasteiger partial charge in [-0.15, -0.1) is 0 Å². The number of likely N-dealkylation sites (tertiary alicyclic amines) is 1. The Kier molecular flexibility index (Phi) is 7.19. The van der Waals surface area contributed by atoms with E-state index in [1.165, 1.54) is 12.3 Å². The third-order valence-corrected chi connectivity index (χ3v) is 7.32. The van der Waals surface area contributed by atoms with Crippen LogP contribution in [-0.4, -0.2) is 63.1 Å². The zero-order chi connectivity index (χ0) is 27.0. The van der Waals surface area contributed by atoms with Crippen LogP contribution in [0.3, 0.4) is 0 Å². The molecule has 2 amide bonds. The monoisotopic (exact) mass is 549 g/mol. The Balaban J connectivity index is 1.25. The number of carbonyl (C=O) groups excluding carboxylic acids is 2. The maximum Gasteiger partial charge on any atom is 0.435 e. The number of halogens is 4. The molecule has 2 aromatic heterocycles. The molecule has 2 fully saturated rings. The van der Waals surface area contributed by atoms with Crippen LogP contribution in [0.2, 0.25) is 5.02 Å². The molecule has 2 aliphatic rings. The van der Waals surface area contributed by atoms with Crippen LogP contribution >= 0.6 is 11.6 Å². The van der Waals surface area contributed by atoms with Crippen molar-refractivity contribution in [2.75, 3.05) is 25.5 Å². The summed E-state index contributed by atoms with van der Waals surface area (Å²) in [6.45, 7) is 1.26. The predicted octanol–water partition coefficient (Wildman–Crippen LogP) is 4.35. The van der Waals surface area contributed by atoms with Gasteiger partial charge in [-0.2, -0.15) is 18.3 Å². The third-order valence-electron chi connectivity index (χ3n) is 7.01. The molecule has 5 rings (SSSR count). The van der Waals surface area contributed by atoms with Crippen molar-refractivity contribution in [1.29, 1.82) is 0 Å². The first-order chi connectivity index (χ1) is 18.1. The van der Waals surface area contributed by atoms with E-state index >= 15 is 0 Å². The zero-order valence-electron chi connectivity index (χ0n) is 20.6.